The number of methoxy groups -OCH3 is 1. The predicted molar refractivity (Wildman–Crippen MR) is 133 cm³/mol. The van der Waals surface area contributed by atoms with Gasteiger partial charge >= 0.3 is 5.97 Å². The summed E-state index contributed by atoms with van der Waals surface area (Å²) < 4.78 is 4.72. The Hall–Kier alpha value is -2.62. The Kier molecular flexibility index (Phi) is 9.77. The molecule has 1 fully saturated rings. The molecule has 0 atom stereocenters. The highest BCUT2D eigenvalue weighted by Crippen LogP contribution is 2.21. The fraction of sp³-hybridized carbons (Fsp3) is 0.348. The van der Waals surface area contributed by atoms with Crippen molar-refractivity contribution in [3.05, 3.63) is 65.2 Å². The molecule has 0 radical (unpaired) electrons. The van der Waals surface area contributed by atoms with E-state index in [1.165, 1.54) is 7.11 Å². The van der Waals surface area contributed by atoms with Crippen molar-refractivity contribution in [3.63, 3.8) is 0 Å². The molecule has 0 bridgehead atoms. The third-order valence-corrected chi connectivity index (χ3v) is 4.92. The molecule has 0 spiro atoms. The fourth-order valence-electron chi connectivity index (χ4n) is 3.28. The van der Waals surface area contributed by atoms with Crippen LogP contribution in [-0.2, 0) is 22.6 Å². The molecule has 1 saturated heterocycles. The summed E-state index contributed by atoms with van der Waals surface area (Å²) in [6.45, 7) is 4.69. The van der Waals surface area contributed by atoms with Crippen molar-refractivity contribution in [2.45, 2.75) is 32.9 Å². The van der Waals surface area contributed by atoms with E-state index in [4.69, 9.17) is 4.74 Å². The lowest BCUT2D eigenvalue weighted by atomic mass is 10.1. The summed E-state index contributed by atoms with van der Waals surface area (Å²) in [6.07, 6.45) is 1.56. The van der Waals surface area contributed by atoms with E-state index in [2.05, 4.69) is 15.6 Å². The first-order valence-corrected chi connectivity index (χ1v) is 10.2. The van der Waals surface area contributed by atoms with Crippen LogP contribution in [0.1, 0.15) is 41.3 Å². The van der Waals surface area contributed by atoms with E-state index in [0.717, 1.165) is 36.3 Å². The molecule has 1 heterocycles. The minimum atomic E-state index is -0.343. The Labute approximate surface area is 200 Å². The molecule has 7 nitrogen and oxygen atoms in total. The molecule has 0 saturated carbocycles. The van der Waals surface area contributed by atoms with Gasteiger partial charge in [-0.1, -0.05) is 24.3 Å². The molecule has 0 aliphatic carbocycles. The first-order valence-electron chi connectivity index (χ1n) is 10.2. The average Bonchev–Trinajstić information content (AvgIpc) is 3.21. The zero-order chi connectivity index (χ0) is 21.3. The molecule has 1 aliphatic rings. The quantitative estimate of drug-likeness (QED) is 0.245. The lowest BCUT2D eigenvalue weighted by Gasteiger charge is -2.16. The number of nitrogens with zero attached hydrogens (tertiary/aromatic N) is 2. The van der Waals surface area contributed by atoms with Gasteiger partial charge < -0.3 is 20.3 Å². The number of aliphatic imine (C=N–C) groups is 1. The second-order valence-corrected chi connectivity index (χ2v) is 7.05. The minimum absolute atomic E-state index is 0. The summed E-state index contributed by atoms with van der Waals surface area (Å²) in [5.74, 6) is 0.567. The Morgan fingerprint density at radius 3 is 2.32 bits per heavy atom. The fourth-order valence-corrected chi connectivity index (χ4v) is 3.28. The van der Waals surface area contributed by atoms with Crippen LogP contribution in [0.4, 0.5) is 5.69 Å². The van der Waals surface area contributed by atoms with Crippen LogP contribution in [0.3, 0.4) is 0 Å². The third kappa shape index (κ3) is 6.95. The van der Waals surface area contributed by atoms with Gasteiger partial charge in [-0.2, -0.15) is 0 Å². The van der Waals surface area contributed by atoms with E-state index in [9.17, 15) is 9.59 Å². The van der Waals surface area contributed by atoms with Gasteiger partial charge in [0.15, 0.2) is 5.96 Å². The van der Waals surface area contributed by atoms with Crippen molar-refractivity contribution in [2.24, 2.45) is 4.99 Å². The number of hydrogen-bond donors (Lipinski definition) is 2. The molecule has 0 unspecified atom stereocenters. The summed E-state index contributed by atoms with van der Waals surface area (Å²) in [5, 5.41) is 6.54. The summed E-state index contributed by atoms with van der Waals surface area (Å²) in [6, 6.07) is 15.3. The van der Waals surface area contributed by atoms with Crippen LogP contribution >= 0.6 is 24.0 Å². The van der Waals surface area contributed by atoms with Crippen LogP contribution in [-0.4, -0.2) is 38.0 Å². The van der Waals surface area contributed by atoms with Gasteiger partial charge in [0, 0.05) is 31.7 Å². The van der Waals surface area contributed by atoms with Gasteiger partial charge in [0.25, 0.3) is 0 Å². The second kappa shape index (κ2) is 12.3. The highest BCUT2D eigenvalue weighted by molar-refractivity contribution is 14.0. The highest BCUT2D eigenvalue weighted by Gasteiger charge is 2.21. The predicted octanol–water partition coefficient (Wildman–Crippen LogP) is 3.47. The number of carbonyl (C=O) groups excluding carboxylic acids is 2. The maximum absolute atomic E-state index is 11.9. The first kappa shape index (κ1) is 24.6. The largest absolute Gasteiger partial charge is 0.465 e. The smallest absolute Gasteiger partial charge is 0.337 e. The molecule has 0 aromatic heterocycles. The van der Waals surface area contributed by atoms with Crippen LogP contribution in [0.15, 0.2) is 53.5 Å². The number of guanidine groups is 1. The van der Waals surface area contributed by atoms with Crippen molar-refractivity contribution in [2.75, 3.05) is 25.1 Å². The molecule has 1 aliphatic heterocycles. The van der Waals surface area contributed by atoms with Crippen molar-refractivity contribution >= 4 is 47.5 Å². The third-order valence-electron chi connectivity index (χ3n) is 4.92. The molecular formula is C23H29IN4O3. The zero-order valence-electron chi connectivity index (χ0n) is 17.9. The minimum Gasteiger partial charge on any atom is -0.465 e. The number of anilines is 1. The van der Waals surface area contributed by atoms with E-state index in [1.807, 2.05) is 48.2 Å². The van der Waals surface area contributed by atoms with Gasteiger partial charge in [-0.25, -0.2) is 9.79 Å². The number of rotatable bonds is 7. The first-order chi connectivity index (χ1) is 14.6. The molecule has 2 aromatic carbocycles. The maximum atomic E-state index is 11.9. The lowest BCUT2D eigenvalue weighted by Crippen LogP contribution is -2.36. The summed E-state index contributed by atoms with van der Waals surface area (Å²) >= 11 is 0. The van der Waals surface area contributed by atoms with Gasteiger partial charge in [-0.05, 0) is 48.7 Å². The number of hydrogen-bond acceptors (Lipinski definition) is 4. The Balaban J connectivity index is 0.00000341. The van der Waals surface area contributed by atoms with Gasteiger partial charge in [-0.15, -0.1) is 24.0 Å². The molecule has 166 valence electrons. The number of amides is 1. The molecule has 8 heteroatoms. The molecule has 31 heavy (non-hydrogen) atoms. The van der Waals surface area contributed by atoms with Gasteiger partial charge in [0.05, 0.1) is 19.2 Å². The highest BCUT2D eigenvalue weighted by atomic mass is 127. The number of ether oxygens (including phenoxy) is 1. The standard InChI is InChI=1S/C23H28N4O3.HI/c1-3-24-23(25-15-17-6-10-19(11-7-17)22(29)30-2)26-16-18-8-12-20(13-9-18)27-14-4-5-21(27)28;/h6-13H,3-5,14-16H2,1-2H3,(H2,24,25,26);1H. The molecule has 2 aromatic rings. The normalized spacial score (nSPS) is 13.5. The molecule has 1 amide bonds. The van der Waals surface area contributed by atoms with Gasteiger partial charge in [0.2, 0.25) is 5.91 Å². The molecule has 3 rings (SSSR count). The maximum Gasteiger partial charge on any atom is 0.337 e. The lowest BCUT2D eigenvalue weighted by molar-refractivity contribution is -0.117. The van der Waals surface area contributed by atoms with Crippen LogP contribution in [0.25, 0.3) is 0 Å². The van der Waals surface area contributed by atoms with Crippen LogP contribution in [0, 0.1) is 0 Å². The van der Waals surface area contributed by atoms with E-state index < -0.39 is 0 Å². The van der Waals surface area contributed by atoms with E-state index in [0.29, 0.717) is 31.0 Å². The number of nitrogens with one attached hydrogen (secondary N) is 2. The zero-order valence-corrected chi connectivity index (χ0v) is 20.2. The van der Waals surface area contributed by atoms with E-state index in [-0.39, 0.29) is 35.9 Å². The van der Waals surface area contributed by atoms with Crippen LogP contribution in [0.5, 0.6) is 0 Å². The number of esters is 1. The SMILES string of the molecule is CCNC(=NCc1ccc(N2CCCC2=O)cc1)NCc1ccc(C(=O)OC)cc1.I. The topological polar surface area (TPSA) is 83.0 Å². The van der Waals surface area contributed by atoms with Gasteiger partial charge in [0.1, 0.15) is 0 Å². The molecular weight excluding hydrogens is 507 g/mol. The average molecular weight is 536 g/mol. The van der Waals surface area contributed by atoms with Crippen molar-refractivity contribution < 1.29 is 14.3 Å². The van der Waals surface area contributed by atoms with Gasteiger partial charge in [-0.3, -0.25) is 4.79 Å². The van der Waals surface area contributed by atoms with Crippen LogP contribution in [0.2, 0.25) is 0 Å². The van der Waals surface area contributed by atoms with E-state index in [1.54, 1.807) is 12.1 Å². The van der Waals surface area contributed by atoms with Crippen molar-refractivity contribution in [3.8, 4) is 0 Å². The van der Waals surface area contributed by atoms with E-state index >= 15 is 0 Å². The summed E-state index contributed by atoms with van der Waals surface area (Å²) in [4.78, 5) is 29.9. The second-order valence-electron chi connectivity index (χ2n) is 7.05. The molecule has 2 N–H and O–H groups in total. The summed E-state index contributed by atoms with van der Waals surface area (Å²) in [5.41, 5.74) is 3.59. The number of benzene rings is 2. The monoisotopic (exact) mass is 536 g/mol. The number of carbonyl (C=O) groups is 2. The Morgan fingerprint density at radius 1 is 1.06 bits per heavy atom. The number of halogens is 1. The van der Waals surface area contributed by atoms with Crippen LogP contribution < -0.4 is 15.5 Å². The summed E-state index contributed by atoms with van der Waals surface area (Å²) in [7, 11) is 1.37. The Bertz CT molecular complexity index is 898. The van der Waals surface area contributed by atoms with Crippen molar-refractivity contribution in [1.29, 1.82) is 0 Å². The Morgan fingerprint density at radius 2 is 1.74 bits per heavy atom. The van der Waals surface area contributed by atoms with Crippen molar-refractivity contribution in [1.82, 2.24) is 10.6 Å².